The van der Waals surface area contributed by atoms with Crippen LogP contribution < -0.4 is 5.32 Å². The van der Waals surface area contributed by atoms with Gasteiger partial charge in [0.15, 0.2) is 6.61 Å². The number of thioether (sulfide) groups is 1. The van der Waals surface area contributed by atoms with E-state index in [2.05, 4.69) is 5.32 Å². The van der Waals surface area contributed by atoms with Crippen LogP contribution in [0.5, 0.6) is 0 Å². The van der Waals surface area contributed by atoms with E-state index >= 15 is 0 Å². The van der Waals surface area contributed by atoms with Gasteiger partial charge in [0.2, 0.25) is 0 Å². The fraction of sp³-hybridized carbons (Fsp3) is 0.111. The van der Waals surface area contributed by atoms with E-state index in [-0.39, 0.29) is 0 Å². The van der Waals surface area contributed by atoms with Gasteiger partial charge in [-0.05, 0) is 48.0 Å². The average Bonchev–Trinajstić information content (AvgIpc) is 2.59. The fourth-order valence-electron chi connectivity index (χ4n) is 1.88. The Balaban J connectivity index is 1.78. The van der Waals surface area contributed by atoms with Crippen LogP contribution in [-0.2, 0) is 14.3 Å². The molecular formula is C18H14ClF2NO3S. The Hall–Kier alpha value is -2.38. The van der Waals surface area contributed by atoms with E-state index in [4.69, 9.17) is 16.3 Å². The predicted molar refractivity (Wildman–Crippen MR) is 98.4 cm³/mol. The fourth-order valence-corrected chi connectivity index (χ4v) is 2.57. The number of hydrogen-bond donors (Lipinski definition) is 1. The first-order valence-electron chi connectivity index (χ1n) is 7.37. The van der Waals surface area contributed by atoms with Gasteiger partial charge in [-0.2, -0.15) is 8.78 Å². The van der Waals surface area contributed by atoms with E-state index in [1.54, 1.807) is 24.3 Å². The van der Waals surface area contributed by atoms with Gasteiger partial charge in [0, 0.05) is 21.7 Å². The van der Waals surface area contributed by atoms with Gasteiger partial charge in [0.1, 0.15) is 0 Å². The molecule has 0 saturated carbocycles. The lowest BCUT2D eigenvalue weighted by atomic mass is 10.2. The van der Waals surface area contributed by atoms with Gasteiger partial charge < -0.3 is 10.1 Å². The molecule has 2 aromatic rings. The van der Waals surface area contributed by atoms with Crippen molar-refractivity contribution >= 4 is 47.0 Å². The minimum atomic E-state index is -2.50. The molecule has 0 saturated heterocycles. The Bertz CT molecular complexity index is 797. The zero-order valence-electron chi connectivity index (χ0n) is 13.3. The first-order valence-corrected chi connectivity index (χ1v) is 8.63. The molecule has 0 bridgehead atoms. The lowest BCUT2D eigenvalue weighted by Crippen LogP contribution is -2.20. The van der Waals surface area contributed by atoms with Crippen LogP contribution in [0.15, 0.2) is 59.5 Å². The monoisotopic (exact) mass is 397 g/mol. The quantitative estimate of drug-likeness (QED) is 0.412. The number of hydrogen-bond acceptors (Lipinski definition) is 4. The number of ether oxygens (including phenoxy) is 1. The van der Waals surface area contributed by atoms with Gasteiger partial charge in [0.25, 0.3) is 11.7 Å². The molecule has 0 heterocycles. The highest BCUT2D eigenvalue weighted by Gasteiger charge is 2.08. The van der Waals surface area contributed by atoms with E-state index < -0.39 is 24.2 Å². The van der Waals surface area contributed by atoms with Crippen LogP contribution in [-0.4, -0.2) is 24.2 Å². The lowest BCUT2D eigenvalue weighted by Gasteiger charge is -2.06. The summed E-state index contributed by atoms with van der Waals surface area (Å²) in [6.07, 6.45) is 2.71. The zero-order valence-corrected chi connectivity index (χ0v) is 14.9. The molecule has 0 aliphatic heterocycles. The second-order valence-corrected chi connectivity index (χ2v) is 6.45. The van der Waals surface area contributed by atoms with Crippen molar-refractivity contribution < 1.29 is 23.1 Å². The first-order chi connectivity index (χ1) is 12.4. The number of rotatable bonds is 7. The molecule has 4 nitrogen and oxygen atoms in total. The summed E-state index contributed by atoms with van der Waals surface area (Å²) < 4.78 is 29.3. The Morgan fingerprint density at radius 3 is 2.58 bits per heavy atom. The van der Waals surface area contributed by atoms with E-state index in [1.807, 2.05) is 0 Å². The number of carbonyl (C=O) groups is 2. The summed E-state index contributed by atoms with van der Waals surface area (Å²) in [6.45, 7) is -0.466. The smallest absolute Gasteiger partial charge is 0.331 e. The van der Waals surface area contributed by atoms with Crippen LogP contribution in [0.3, 0.4) is 0 Å². The molecule has 0 unspecified atom stereocenters. The summed E-state index contributed by atoms with van der Waals surface area (Å²) in [5.41, 5.74) is 1.14. The topological polar surface area (TPSA) is 55.4 Å². The van der Waals surface area contributed by atoms with E-state index in [0.717, 1.165) is 5.56 Å². The molecule has 0 spiro atoms. The standard InChI is InChI=1S/C18H14ClF2NO3S/c19-13-3-1-2-12(10-13)4-9-17(24)25-11-16(23)22-14-5-7-15(8-6-14)26-18(20)21/h1-10,18H,11H2,(H,22,23)/b9-4+. The molecule has 8 heteroatoms. The molecule has 136 valence electrons. The molecule has 0 fully saturated rings. The first kappa shape index (κ1) is 19.9. The highest BCUT2D eigenvalue weighted by atomic mass is 35.5. The SMILES string of the molecule is O=C(COC(=O)/C=C/c1cccc(Cl)c1)Nc1ccc(SC(F)F)cc1. The maximum Gasteiger partial charge on any atom is 0.331 e. The van der Waals surface area contributed by atoms with Crippen LogP contribution in [0.25, 0.3) is 6.08 Å². The number of halogens is 3. The van der Waals surface area contributed by atoms with Crippen LogP contribution in [0, 0.1) is 0 Å². The van der Waals surface area contributed by atoms with Crippen molar-refractivity contribution in [3.8, 4) is 0 Å². The van der Waals surface area contributed by atoms with Crippen LogP contribution >= 0.6 is 23.4 Å². The highest BCUT2D eigenvalue weighted by Crippen LogP contribution is 2.26. The number of carbonyl (C=O) groups excluding carboxylic acids is 2. The second-order valence-electron chi connectivity index (χ2n) is 4.95. The molecule has 1 N–H and O–H groups in total. The lowest BCUT2D eigenvalue weighted by molar-refractivity contribution is -0.142. The molecule has 2 rings (SSSR count). The van der Waals surface area contributed by atoms with Crippen LogP contribution in [0.4, 0.5) is 14.5 Å². The van der Waals surface area contributed by atoms with Gasteiger partial charge in [0.05, 0.1) is 0 Å². The second kappa shape index (κ2) is 9.94. The third-order valence-electron chi connectivity index (χ3n) is 2.97. The molecule has 0 radical (unpaired) electrons. The van der Waals surface area contributed by atoms with E-state index in [9.17, 15) is 18.4 Å². The number of benzene rings is 2. The van der Waals surface area contributed by atoms with Crippen molar-refractivity contribution in [1.82, 2.24) is 0 Å². The maximum atomic E-state index is 12.2. The number of anilines is 1. The molecule has 2 aromatic carbocycles. The van der Waals surface area contributed by atoms with Crippen molar-refractivity contribution in [3.05, 3.63) is 65.2 Å². The Labute approximate surface area is 158 Å². The van der Waals surface area contributed by atoms with Gasteiger partial charge in [-0.3, -0.25) is 4.79 Å². The highest BCUT2D eigenvalue weighted by molar-refractivity contribution is 7.99. The number of esters is 1. The third kappa shape index (κ3) is 7.25. The normalized spacial score (nSPS) is 10.9. The summed E-state index contributed by atoms with van der Waals surface area (Å²) in [5, 5.41) is 3.04. The zero-order chi connectivity index (χ0) is 18.9. The Kier molecular flexibility index (Phi) is 7.62. The van der Waals surface area contributed by atoms with Gasteiger partial charge in [-0.15, -0.1) is 0 Å². The minimum Gasteiger partial charge on any atom is -0.452 e. The average molecular weight is 398 g/mol. The molecule has 26 heavy (non-hydrogen) atoms. The molecule has 0 atom stereocenters. The summed E-state index contributed by atoms with van der Waals surface area (Å²) >= 11 is 6.25. The van der Waals surface area contributed by atoms with Crippen molar-refractivity contribution in [2.24, 2.45) is 0 Å². The molecular weight excluding hydrogens is 384 g/mol. The number of amides is 1. The summed E-state index contributed by atoms with van der Waals surface area (Å²) in [7, 11) is 0. The van der Waals surface area contributed by atoms with Crippen LogP contribution in [0.2, 0.25) is 5.02 Å². The Morgan fingerprint density at radius 1 is 1.19 bits per heavy atom. The molecule has 0 aromatic heterocycles. The molecule has 1 amide bonds. The minimum absolute atomic E-state index is 0.385. The van der Waals surface area contributed by atoms with Gasteiger partial charge >= 0.3 is 5.97 Å². The van der Waals surface area contributed by atoms with E-state index in [0.29, 0.717) is 27.4 Å². The van der Waals surface area contributed by atoms with Crippen molar-refractivity contribution in [2.45, 2.75) is 10.7 Å². The van der Waals surface area contributed by atoms with Gasteiger partial charge in [-0.1, -0.05) is 35.5 Å². The number of alkyl halides is 2. The third-order valence-corrected chi connectivity index (χ3v) is 3.93. The van der Waals surface area contributed by atoms with Crippen LogP contribution in [0.1, 0.15) is 5.56 Å². The summed E-state index contributed by atoms with van der Waals surface area (Å²) in [6, 6.07) is 12.8. The molecule has 0 aliphatic carbocycles. The van der Waals surface area contributed by atoms with Crippen molar-refractivity contribution in [1.29, 1.82) is 0 Å². The van der Waals surface area contributed by atoms with Crippen molar-refractivity contribution in [2.75, 3.05) is 11.9 Å². The molecule has 0 aliphatic rings. The predicted octanol–water partition coefficient (Wildman–Crippen LogP) is 4.85. The summed E-state index contributed by atoms with van der Waals surface area (Å²) in [4.78, 5) is 23.7. The maximum absolute atomic E-state index is 12.2. The van der Waals surface area contributed by atoms with Gasteiger partial charge in [-0.25, -0.2) is 4.79 Å². The summed E-state index contributed by atoms with van der Waals surface area (Å²) in [5.74, 6) is -3.72. The largest absolute Gasteiger partial charge is 0.452 e. The number of nitrogens with one attached hydrogen (secondary N) is 1. The van der Waals surface area contributed by atoms with E-state index in [1.165, 1.54) is 36.4 Å². The van der Waals surface area contributed by atoms with Crippen molar-refractivity contribution in [3.63, 3.8) is 0 Å². The Morgan fingerprint density at radius 2 is 1.92 bits per heavy atom.